The number of carbonyl (C=O) groups is 1. The van der Waals surface area contributed by atoms with Crippen molar-refractivity contribution in [3.05, 3.63) is 83.0 Å². The maximum absolute atomic E-state index is 14.3. The molecule has 0 atom stereocenters. The van der Waals surface area contributed by atoms with Crippen molar-refractivity contribution in [3.8, 4) is 22.6 Å². The monoisotopic (exact) mass is 535 g/mol. The molecular weight excluding hydrogens is 508 g/mol. The molecule has 0 spiro atoms. The summed E-state index contributed by atoms with van der Waals surface area (Å²) < 4.78 is 28.6. The van der Waals surface area contributed by atoms with Gasteiger partial charge in [-0.3, -0.25) is 9.78 Å². The quantitative estimate of drug-likeness (QED) is 0.233. The number of imidazole rings is 1. The zero-order chi connectivity index (χ0) is 26.9. The zero-order valence-corrected chi connectivity index (χ0v) is 21.7. The Kier molecular flexibility index (Phi) is 7.30. The molecule has 1 aliphatic carbocycles. The number of fused-ring (bicyclic) bond motifs is 1. The van der Waals surface area contributed by atoms with Gasteiger partial charge < -0.3 is 10.1 Å². The first kappa shape index (κ1) is 26.0. The highest BCUT2D eigenvalue weighted by atomic mass is 35.5. The second-order valence-corrected chi connectivity index (χ2v) is 10.3. The predicted octanol–water partition coefficient (Wildman–Crippen LogP) is 8.36. The van der Waals surface area contributed by atoms with Crippen LogP contribution in [0.4, 0.5) is 8.78 Å². The molecule has 0 amide bonds. The second kappa shape index (κ2) is 10.7. The van der Waals surface area contributed by atoms with Crippen molar-refractivity contribution >= 4 is 28.6 Å². The smallest absolute Gasteiger partial charge is 0.303 e. The average Bonchev–Trinajstić information content (AvgIpc) is 3.32. The second-order valence-electron chi connectivity index (χ2n) is 9.93. The van der Waals surface area contributed by atoms with Crippen LogP contribution in [-0.2, 0) is 10.7 Å². The molecule has 1 fully saturated rings. The number of H-pyrrole nitrogens is 1. The summed E-state index contributed by atoms with van der Waals surface area (Å²) in [7, 11) is 0. The van der Waals surface area contributed by atoms with Gasteiger partial charge in [0.25, 0.3) is 5.92 Å². The molecule has 1 aliphatic rings. The van der Waals surface area contributed by atoms with Gasteiger partial charge in [-0.1, -0.05) is 48.0 Å². The minimum atomic E-state index is -3.07. The van der Waals surface area contributed by atoms with E-state index in [-0.39, 0.29) is 17.9 Å². The topological polar surface area (TPSA) is 78.9 Å². The number of aromatic amines is 1. The Labute approximate surface area is 224 Å². The summed E-state index contributed by atoms with van der Waals surface area (Å²) in [6, 6.07) is 14.4. The van der Waals surface area contributed by atoms with Crippen LogP contribution in [0.25, 0.3) is 33.7 Å². The van der Waals surface area contributed by atoms with Gasteiger partial charge in [-0.25, -0.2) is 4.98 Å². The Morgan fingerprint density at radius 1 is 1.13 bits per heavy atom. The van der Waals surface area contributed by atoms with Crippen LogP contribution in [0, 0.1) is 5.92 Å². The van der Waals surface area contributed by atoms with Gasteiger partial charge in [0.15, 0.2) is 0 Å². The van der Waals surface area contributed by atoms with E-state index in [0.717, 1.165) is 43.0 Å². The highest BCUT2D eigenvalue weighted by Gasteiger charge is 2.28. The summed E-state index contributed by atoms with van der Waals surface area (Å²) in [6.07, 6.45) is 7.99. The van der Waals surface area contributed by atoms with Crippen LogP contribution >= 0.6 is 11.6 Å². The number of hydrogen-bond acceptors (Lipinski definition) is 3. The molecule has 2 N–H and O–H groups in total. The van der Waals surface area contributed by atoms with Gasteiger partial charge in [0.05, 0.1) is 27.3 Å². The molecule has 1 saturated carbocycles. The molecule has 5 rings (SSSR count). The van der Waals surface area contributed by atoms with Gasteiger partial charge in [-0.2, -0.15) is 8.78 Å². The van der Waals surface area contributed by atoms with Crippen molar-refractivity contribution in [1.29, 1.82) is 0 Å². The summed E-state index contributed by atoms with van der Waals surface area (Å²) >= 11 is 6.62. The molecule has 5 nitrogen and oxygen atoms in total. The summed E-state index contributed by atoms with van der Waals surface area (Å²) in [5.74, 6) is -2.59. The fraction of sp³-hybridized carbons (Fsp3) is 0.300. The molecule has 4 aromatic rings. The van der Waals surface area contributed by atoms with Crippen molar-refractivity contribution in [3.63, 3.8) is 0 Å². The fourth-order valence-corrected chi connectivity index (χ4v) is 5.53. The van der Waals surface area contributed by atoms with Crippen molar-refractivity contribution < 1.29 is 18.7 Å². The molecule has 2 heterocycles. The molecule has 0 aliphatic heterocycles. The Balaban J connectivity index is 1.32. The van der Waals surface area contributed by atoms with E-state index in [4.69, 9.17) is 16.7 Å². The molecule has 0 saturated heterocycles. The molecule has 0 unspecified atom stereocenters. The highest BCUT2D eigenvalue weighted by molar-refractivity contribution is 6.33. The van der Waals surface area contributed by atoms with Crippen LogP contribution in [0.3, 0.4) is 0 Å². The Hall–Kier alpha value is -3.58. The number of aromatic nitrogens is 3. The number of halogens is 3. The van der Waals surface area contributed by atoms with Crippen molar-refractivity contribution in [2.75, 3.05) is 0 Å². The summed E-state index contributed by atoms with van der Waals surface area (Å²) in [4.78, 5) is 23.2. The van der Waals surface area contributed by atoms with Crippen molar-refractivity contribution in [2.45, 2.75) is 50.9 Å². The number of carboxylic acids is 1. The van der Waals surface area contributed by atoms with Gasteiger partial charge >= 0.3 is 5.97 Å². The van der Waals surface area contributed by atoms with Crippen LogP contribution < -0.4 is 0 Å². The van der Waals surface area contributed by atoms with Crippen molar-refractivity contribution in [1.82, 2.24) is 15.0 Å². The van der Waals surface area contributed by atoms with E-state index in [2.05, 4.69) is 27.1 Å². The lowest BCUT2D eigenvalue weighted by molar-refractivity contribution is -0.138. The molecule has 0 radical (unpaired) electrons. The third-order valence-corrected chi connectivity index (χ3v) is 7.65. The molecule has 2 aromatic heterocycles. The first-order valence-corrected chi connectivity index (χ1v) is 13.1. The third kappa shape index (κ3) is 5.48. The Morgan fingerprint density at radius 3 is 2.53 bits per heavy atom. The number of carboxylic acid groups (broad SMARTS) is 1. The molecule has 196 valence electrons. The van der Waals surface area contributed by atoms with Crippen LogP contribution in [0.15, 0.2) is 66.9 Å². The first-order chi connectivity index (χ1) is 18.2. The largest absolute Gasteiger partial charge is 0.481 e. The summed E-state index contributed by atoms with van der Waals surface area (Å²) in [5.41, 5.74) is 4.44. The minimum absolute atomic E-state index is 0.116. The standard InChI is InChI=1S/C30H28ClF2N3O2/c1-2-13-30(32,33)22-11-12-25-27(15-22)36-29(35-25)23-17-34-26(16-24(23)31)21-9-7-20(8-10-21)19-5-3-18(4-6-19)14-28(37)38/h2,7-13,15-19H,3-6,14H2,1H3,(H,35,36)(H,37,38). The fourth-order valence-electron chi connectivity index (χ4n) is 5.29. The van der Waals surface area contributed by atoms with Gasteiger partial charge in [0.1, 0.15) is 5.82 Å². The lowest BCUT2D eigenvalue weighted by atomic mass is 9.77. The number of nitrogens with zero attached hydrogens (tertiary/aromatic N) is 2. The maximum Gasteiger partial charge on any atom is 0.303 e. The van der Waals surface area contributed by atoms with Gasteiger partial charge in [0, 0.05) is 23.7 Å². The molecule has 38 heavy (non-hydrogen) atoms. The van der Waals surface area contributed by atoms with Gasteiger partial charge in [-0.05, 0) is 74.3 Å². The minimum Gasteiger partial charge on any atom is -0.481 e. The van der Waals surface area contributed by atoms with E-state index >= 15 is 0 Å². The number of benzene rings is 2. The van der Waals surface area contributed by atoms with Crippen LogP contribution in [0.2, 0.25) is 5.02 Å². The number of pyridine rings is 1. The van der Waals surface area contributed by atoms with E-state index in [1.807, 2.05) is 12.1 Å². The van der Waals surface area contributed by atoms with Crippen LogP contribution in [-0.4, -0.2) is 26.0 Å². The molecular formula is C30H28ClF2N3O2. The molecule has 0 bridgehead atoms. The SMILES string of the molecule is CC=CC(F)(F)c1ccc2nc(-c3cnc(-c4ccc(C5CCC(CC(=O)O)CC5)cc4)cc3Cl)[nH]c2c1. The number of allylic oxidation sites excluding steroid dienone is 2. The number of alkyl halides is 2. The lowest BCUT2D eigenvalue weighted by Gasteiger charge is -2.28. The predicted molar refractivity (Wildman–Crippen MR) is 145 cm³/mol. The normalized spacial score (nSPS) is 18.3. The van der Waals surface area contributed by atoms with Crippen LogP contribution in [0.5, 0.6) is 0 Å². The number of nitrogens with one attached hydrogen (secondary N) is 1. The zero-order valence-electron chi connectivity index (χ0n) is 20.9. The van der Waals surface area contributed by atoms with E-state index < -0.39 is 11.9 Å². The van der Waals surface area contributed by atoms with Crippen LogP contribution in [0.1, 0.15) is 56.1 Å². The Bertz CT molecular complexity index is 1490. The molecule has 8 heteroatoms. The lowest BCUT2D eigenvalue weighted by Crippen LogP contribution is -2.16. The Morgan fingerprint density at radius 2 is 1.87 bits per heavy atom. The van der Waals surface area contributed by atoms with E-state index in [9.17, 15) is 13.6 Å². The van der Waals surface area contributed by atoms with Crippen molar-refractivity contribution in [2.24, 2.45) is 5.92 Å². The summed E-state index contributed by atoms with van der Waals surface area (Å²) in [5, 5.41) is 9.48. The number of aliphatic carboxylic acids is 1. The number of rotatable bonds is 7. The van der Waals surface area contributed by atoms with E-state index in [1.165, 1.54) is 23.8 Å². The summed E-state index contributed by atoms with van der Waals surface area (Å²) in [6.45, 7) is 1.56. The first-order valence-electron chi connectivity index (χ1n) is 12.7. The number of hydrogen-bond donors (Lipinski definition) is 2. The van der Waals surface area contributed by atoms with E-state index in [1.54, 1.807) is 25.3 Å². The average molecular weight is 536 g/mol. The third-order valence-electron chi connectivity index (χ3n) is 7.34. The molecule has 2 aromatic carbocycles. The van der Waals surface area contributed by atoms with E-state index in [0.29, 0.717) is 33.4 Å². The highest BCUT2D eigenvalue weighted by Crippen LogP contribution is 2.38. The van der Waals surface area contributed by atoms with Gasteiger partial charge in [-0.15, -0.1) is 0 Å². The van der Waals surface area contributed by atoms with Gasteiger partial charge in [0.2, 0.25) is 0 Å². The maximum atomic E-state index is 14.3.